The molecule has 1 aliphatic heterocycles. The highest BCUT2D eigenvalue weighted by atomic mass is 32.2. The fourth-order valence-electron chi connectivity index (χ4n) is 4.09. The molecule has 0 bridgehead atoms. The van der Waals surface area contributed by atoms with Crippen LogP contribution in [0.4, 0.5) is 19.0 Å². The summed E-state index contributed by atoms with van der Waals surface area (Å²) in [5, 5.41) is 6.76. The molecule has 1 aliphatic rings. The maximum atomic E-state index is 13.1. The van der Waals surface area contributed by atoms with Crippen molar-refractivity contribution in [2.45, 2.75) is 45.8 Å². The zero-order valence-corrected chi connectivity index (χ0v) is 20.5. The molecule has 34 heavy (non-hydrogen) atoms. The van der Waals surface area contributed by atoms with Crippen LogP contribution in [0.15, 0.2) is 18.2 Å². The van der Waals surface area contributed by atoms with Gasteiger partial charge in [-0.15, -0.1) is 4.09 Å². The van der Waals surface area contributed by atoms with Crippen molar-refractivity contribution in [2.75, 3.05) is 32.5 Å². The quantitative estimate of drug-likeness (QED) is 0.625. The molecule has 2 aromatic rings. The molecule has 13 heteroatoms. The Morgan fingerprint density at radius 1 is 1.29 bits per heavy atom. The lowest BCUT2D eigenvalue weighted by Crippen LogP contribution is -2.31. The monoisotopic (exact) mass is 502 g/mol. The van der Waals surface area contributed by atoms with Crippen molar-refractivity contribution in [3.63, 3.8) is 0 Å². The number of pyridine rings is 1. The second-order valence-electron chi connectivity index (χ2n) is 8.80. The maximum Gasteiger partial charge on any atom is 0.433 e. The summed E-state index contributed by atoms with van der Waals surface area (Å²) in [4.78, 5) is 17.3. The van der Waals surface area contributed by atoms with Crippen molar-refractivity contribution < 1.29 is 26.4 Å². The third-order valence-corrected chi connectivity index (χ3v) is 7.44. The maximum absolute atomic E-state index is 13.1. The van der Waals surface area contributed by atoms with E-state index in [1.54, 1.807) is 13.0 Å². The molecule has 1 fully saturated rings. The zero-order chi connectivity index (χ0) is 25.4. The number of anilines is 1. The largest absolute Gasteiger partial charge is 0.433 e. The third kappa shape index (κ3) is 5.76. The van der Waals surface area contributed by atoms with Gasteiger partial charge in [0.1, 0.15) is 11.5 Å². The Morgan fingerprint density at radius 3 is 2.56 bits per heavy atom. The lowest BCUT2D eigenvalue weighted by atomic mass is 9.98. The van der Waals surface area contributed by atoms with E-state index in [2.05, 4.69) is 20.3 Å². The Labute approximate surface area is 197 Å². The van der Waals surface area contributed by atoms with Gasteiger partial charge in [-0.05, 0) is 56.8 Å². The zero-order valence-electron chi connectivity index (χ0n) is 19.7. The molecule has 2 atom stereocenters. The summed E-state index contributed by atoms with van der Waals surface area (Å²) in [6.07, 6.45) is -3.23. The Kier molecular flexibility index (Phi) is 7.39. The van der Waals surface area contributed by atoms with Gasteiger partial charge >= 0.3 is 16.4 Å². The number of rotatable bonds is 7. The van der Waals surface area contributed by atoms with Crippen LogP contribution in [0.5, 0.6) is 0 Å². The van der Waals surface area contributed by atoms with E-state index in [1.807, 2.05) is 6.92 Å². The van der Waals surface area contributed by atoms with Crippen LogP contribution in [0.25, 0.3) is 0 Å². The lowest BCUT2D eigenvalue weighted by molar-refractivity contribution is -0.141. The van der Waals surface area contributed by atoms with Crippen LogP contribution in [-0.4, -0.2) is 64.9 Å². The molecule has 0 radical (unpaired) electrons. The minimum absolute atomic E-state index is 0.0470. The van der Waals surface area contributed by atoms with Gasteiger partial charge in [-0.1, -0.05) is 0 Å². The van der Waals surface area contributed by atoms with Crippen LogP contribution in [0, 0.1) is 12.8 Å². The number of amides is 1. The first-order valence-electron chi connectivity index (χ1n) is 10.8. The number of nitrogens with zero attached hydrogens (tertiary/aromatic N) is 5. The number of carbonyl (C=O) groups is 1. The van der Waals surface area contributed by atoms with Gasteiger partial charge in [0, 0.05) is 39.3 Å². The lowest BCUT2D eigenvalue weighted by Gasteiger charge is -2.23. The van der Waals surface area contributed by atoms with Gasteiger partial charge in [0.05, 0.1) is 11.7 Å². The van der Waals surface area contributed by atoms with Gasteiger partial charge in [0.15, 0.2) is 0 Å². The molecule has 1 unspecified atom stereocenters. The molecule has 0 spiro atoms. The predicted octanol–water partition coefficient (Wildman–Crippen LogP) is 2.84. The summed E-state index contributed by atoms with van der Waals surface area (Å²) in [5.41, 5.74) is 0.498. The first-order valence-corrected chi connectivity index (χ1v) is 12.2. The molecule has 2 aromatic heterocycles. The van der Waals surface area contributed by atoms with E-state index in [1.165, 1.54) is 27.1 Å². The number of likely N-dealkylation sites (tertiary alicyclic amines) is 1. The number of nitrogens with one attached hydrogen (secondary N) is 1. The molecule has 3 heterocycles. The average Bonchev–Trinajstić information content (AvgIpc) is 3.33. The van der Waals surface area contributed by atoms with E-state index in [0.29, 0.717) is 36.5 Å². The summed E-state index contributed by atoms with van der Waals surface area (Å²) in [7, 11) is -1.22. The fourth-order valence-corrected chi connectivity index (χ4v) is 4.94. The van der Waals surface area contributed by atoms with Gasteiger partial charge in [0.2, 0.25) is 5.91 Å². The summed E-state index contributed by atoms with van der Waals surface area (Å²) in [6.45, 7) is 6.01. The first kappa shape index (κ1) is 26.1. The van der Waals surface area contributed by atoms with Crippen LogP contribution >= 0.6 is 0 Å². The normalized spacial score (nSPS) is 18.4. The molecule has 0 aromatic carbocycles. The number of halogens is 3. The average molecular weight is 503 g/mol. The molecule has 3 rings (SSSR count). The summed E-state index contributed by atoms with van der Waals surface area (Å²) >= 11 is 0. The second kappa shape index (κ2) is 9.62. The Balaban J connectivity index is 1.77. The number of aromatic nitrogens is 3. The molecular weight excluding hydrogens is 473 g/mol. The van der Waals surface area contributed by atoms with Crippen LogP contribution in [-0.2, 0) is 27.6 Å². The minimum Gasteiger partial charge on any atom is -0.310 e. The Bertz CT molecular complexity index is 1160. The van der Waals surface area contributed by atoms with Crippen molar-refractivity contribution >= 4 is 21.9 Å². The van der Waals surface area contributed by atoms with Crippen molar-refractivity contribution in [1.29, 1.82) is 0 Å². The summed E-state index contributed by atoms with van der Waals surface area (Å²) in [6, 6.07) is 4.05. The van der Waals surface area contributed by atoms with Crippen LogP contribution in [0.3, 0.4) is 0 Å². The number of hydrogen-bond donors (Lipinski definition) is 1. The molecule has 0 aliphatic carbocycles. The van der Waals surface area contributed by atoms with E-state index in [9.17, 15) is 26.4 Å². The molecule has 188 valence electrons. The van der Waals surface area contributed by atoms with E-state index < -0.39 is 28.0 Å². The van der Waals surface area contributed by atoms with Crippen molar-refractivity contribution in [3.8, 4) is 0 Å². The van der Waals surface area contributed by atoms with E-state index in [4.69, 9.17) is 0 Å². The van der Waals surface area contributed by atoms with E-state index in [-0.39, 0.29) is 17.8 Å². The molecular formula is C21H29F3N6O3S. The highest BCUT2D eigenvalue weighted by molar-refractivity contribution is 7.87. The molecule has 1 N–H and O–H groups in total. The minimum atomic E-state index is -4.49. The Hall–Kier alpha value is -2.51. The van der Waals surface area contributed by atoms with Gasteiger partial charge in [0.25, 0.3) is 0 Å². The molecule has 1 saturated heterocycles. The summed E-state index contributed by atoms with van der Waals surface area (Å²) in [5.74, 6) is -0.250. The van der Waals surface area contributed by atoms with Gasteiger partial charge in [-0.25, -0.2) is 4.98 Å². The standard InChI is InChI=1S/C21H29F3N6O3S/c1-13-8-17(10-19(25-13)21(22,23)24)9-16-6-7-29(12-16)14(2)18-11-20(26-15(3)31)30(27-18)34(32,33)28(4)5/h8,10-11,14,16H,6-7,9,12H2,1-5H3,(H,26,31)/t14?,16-/m1/s1. The summed E-state index contributed by atoms with van der Waals surface area (Å²) < 4.78 is 66.4. The number of carbonyl (C=O) groups excluding carboxylic acids is 1. The van der Waals surface area contributed by atoms with Crippen LogP contribution < -0.4 is 5.32 Å². The molecule has 1 amide bonds. The molecule has 0 saturated carbocycles. The van der Waals surface area contributed by atoms with E-state index >= 15 is 0 Å². The highest BCUT2D eigenvalue weighted by Gasteiger charge is 2.34. The van der Waals surface area contributed by atoms with Crippen LogP contribution in [0.2, 0.25) is 0 Å². The van der Waals surface area contributed by atoms with Gasteiger partial charge in [-0.3, -0.25) is 9.69 Å². The molecule has 9 nitrogen and oxygen atoms in total. The SMILES string of the molecule is CC(=O)Nc1cc(C(C)N2CC[C@H](Cc3cc(C)nc(C(F)(F)F)c3)C2)nn1S(=O)(=O)N(C)C. The second-order valence-corrected chi connectivity index (χ2v) is 10.8. The number of aryl methyl sites for hydroxylation is 1. The Morgan fingerprint density at radius 2 is 1.97 bits per heavy atom. The number of alkyl halides is 3. The smallest absolute Gasteiger partial charge is 0.310 e. The van der Waals surface area contributed by atoms with Crippen molar-refractivity contribution in [1.82, 2.24) is 23.4 Å². The number of hydrogen-bond acceptors (Lipinski definition) is 6. The topological polar surface area (TPSA) is 100 Å². The first-order chi connectivity index (χ1) is 15.7. The highest BCUT2D eigenvalue weighted by Crippen LogP contribution is 2.32. The fraction of sp³-hybridized carbons (Fsp3) is 0.571. The van der Waals surface area contributed by atoms with E-state index in [0.717, 1.165) is 20.9 Å². The predicted molar refractivity (Wildman–Crippen MR) is 120 cm³/mol. The van der Waals surface area contributed by atoms with Crippen LogP contribution in [0.1, 0.15) is 49.0 Å². The van der Waals surface area contributed by atoms with Gasteiger partial charge < -0.3 is 5.32 Å². The van der Waals surface area contributed by atoms with Crippen molar-refractivity contribution in [2.24, 2.45) is 5.92 Å². The third-order valence-electron chi connectivity index (χ3n) is 5.80. The van der Waals surface area contributed by atoms with Crippen molar-refractivity contribution in [3.05, 3.63) is 40.8 Å². The van der Waals surface area contributed by atoms with Gasteiger partial charge in [-0.2, -0.15) is 31.0 Å².